The van der Waals surface area contributed by atoms with Crippen molar-refractivity contribution in [3.05, 3.63) is 94.0 Å². The van der Waals surface area contributed by atoms with Crippen molar-refractivity contribution < 1.29 is 18.3 Å². The molecule has 3 N–H and O–H groups in total. The molecule has 0 saturated carbocycles. The SMILES string of the molecule is C=C(OCC)[C@H](C)NCCc1ccc(-n2c(N)c(C(=O)C3CC=C(F)C=C3F)ccc2=O)cc1. The second-order valence-corrected chi connectivity index (χ2v) is 8.07. The molecular formula is C26H29F2N3O3. The maximum Gasteiger partial charge on any atom is 0.256 e. The van der Waals surface area contributed by atoms with Crippen LogP contribution in [0.25, 0.3) is 5.69 Å². The number of nitrogens with one attached hydrogen (secondary N) is 1. The van der Waals surface area contributed by atoms with Gasteiger partial charge in [0.15, 0.2) is 5.78 Å². The minimum absolute atomic E-state index is 0.0145. The van der Waals surface area contributed by atoms with E-state index in [1.807, 2.05) is 26.0 Å². The Morgan fingerprint density at radius 3 is 2.62 bits per heavy atom. The first-order valence-electron chi connectivity index (χ1n) is 11.2. The number of pyridine rings is 1. The fourth-order valence-electron chi connectivity index (χ4n) is 3.75. The number of ketones is 1. The number of rotatable bonds is 10. The number of anilines is 1. The first-order valence-corrected chi connectivity index (χ1v) is 11.2. The van der Waals surface area contributed by atoms with Crippen molar-refractivity contribution in [1.29, 1.82) is 0 Å². The van der Waals surface area contributed by atoms with Gasteiger partial charge in [0.05, 0.1) is 29.8 Å². The van der Waals surface area contributed by atoms with Crippen LogP contribution in [0.2, 0.25) is 0 Å². The number of hydrogen-bond acceptors (Lipinski definition) is 5. The summed E-state index contributed by atoms with van der Waals surface area (Å²) in [4.78, 5) is 25.4. The van der Waals surface area contributed by atoms with Gasteiger partial charge in [-0.3, -0.25) is 14.2 Å². The van der Waals surface area contributed by atoms with E-state index >= 15 is 0 Å². The highest BCUT2D eigenvalue weighted by Crippen LogP contribution is 2.30. The number of hydrogen-bond donors (Lipinski definition) is 2. The van der Waals surface area contributed by atoms with Crippen molar-refractivity contribution in [1.82, 2.24) is 9.88 Å². The molecule has 1 aromatic carbocycles. The molecule has 1 unspecified atom stereocenters. The predicted molar refractivity (Wildman–Crippen MR) is 129 cm³/mol. The third-order valence-corrected chi connectivity index (χ3v) is 5.74. The molecule has 0 aliphatic heterocycles. The summed E-state index contributed by atoms with van der Waals surface area (Å²) in [5.41, 5.74) is 7.30. The van der Waals surface area contributed by atoms with Crippen molar-refractivity contribution in [3.8, 4) is 5.69 Å². The Kier molecular flexibility index (Phi) is 8.17. The van der Waals surface area contributed by atoms with Gasteiger partial charge in [-0.15, -0.1) is 0 Å². The molecule has 0 fully saturated rings. The molecule has 1 aliphatic carbocycles. The molecule has 1 aliphatic rings. The Balaban J connectivity index is 1.75. The van der Waals surface area contributed by atoms with Crippen LogP contribution in [-0.4, -0.2) is 29.5 Å². The summed E-state index contributed by atoms with van der Waals surface area (Å²) >= 11 is 0. The zero-order valence-corrected chi connectivity index (χ0v) is 19.3. The van der Waals surface area contributed by atoms with E-state index in [9.17, 15) is 18.4 Å². The number of benzene rings is 1. The van der Waals surface area contributed by atoms with E-state index in [2.05, 4.69) is 11.9 Å². The van der Waals surface area contributed by atoms with Crippen LogP contribution in [0.1, 0.15) is 36.2 Å². The summed E-state index contributed by atoms with van der Waals surface area (Å²) in [7, 11) is 0. The highest BCUT2D eigenvalue weighted by Gasteiger charge is 2.29. The van der Waals surface area contributed by atoms with Gasteiger partial charge in [0.2, 0.25) is 0 Å². The van der Waals surface area contributed by atoms with Crippen molar-refractivity contribution in [3.63, 3.8) is 0 Å². The van der Waals surface area contributed by atoms with Crippen LogP contribution >= 0.6 is 0 Å². The number of carbonyl (C=O) groups excluding carboxylic acids is 1. The third-order valence-electron chi connectivity index (χ3n) is 5.74. The number of halogens is 2. The van der Waals surface area contributed by atoms with Crippen LogP contribution in [0.15, 0.2) is 77.3 Å². The maximum atomic E-state index is 14.2. The monoisotopic (exact) mass is 469 g/mol. The molecule has 2 atom stereocenters. The molecule has 0 saturated heterocycles. The minimum atomic E-state index is -1.16. The summed E-state index contributed by atoms with van der Waals surface area (Å²) < 4.78 is 34.1. The van der Waals surface area contributed by atoms with Gasteiger partial charge >= 0.3 is 0 Å². The second-order valence-electron chi connectivity index (χ2n) is 8.07. The summed E-state index contributed by atoms with van der Waals surface area (Å²) in [5.74, 6) is -2.74. The van der Waals surface area contributed by atoms with Crippen molar-refractivity contribution in [2.75, 3.05) is 18.9 Å². The van der Waals surface area contributed by atoms with Gasteiger partial charge in [-0.25, -0.2) is 8.78 Å². The number of allylic oxidation sites excluding steroid dienone is 4. The van der Waals surface area contributed by atoms with Crippen molar-refractivity contribution in [2.45, 2.75) is 32.7 Å². The van der Waals surface area contributed by atoms with Crippen LogP contribution < -0.4 is 16.6 Å². The minimum Gasteiger partial charge on any atom is -0.497 e. The molecule has 1 aromatic heterocycles. The quantitative estimate of drug-likeness (QED) is 0.398. The van der Waals surface area contributed by atoms with Gasteiger partial charge in [-0.1, -0.05) is 18.7 Å². The second kappa shape index (κ2) is 11.1. The Morgan fingerprint density at radius 2 is 1.97 bits per heavy atom. The van der Waals surface area contributed by atoms with Gasteiger partial charge in [0, 0.05) is 12.1 Å². The molecule has 3 rings (SSSR count). The van der Waals surface area contributed by atoms with Gasteiger partial charge in [0.1, 0.15) is 23.2 Å². The van der Waals surface area contributed by atoms with E-state index in [1.165, 1.54) is 16.7 Å². The number of aromatic nitrogens is 1. The van der Waals surface area contributed by atoms with E-state index in [1.54, 1.807) is 12.1 Å². The lowest BCUT2D eigenvalue weighted by atomic mass is 9.90. The van der Waals surface area contributed by atoms with Crippen LogP contribution in [0, 0.1) is 5.92 Å². The number of nitrogens with two attached hydrogens (primary N) is 1. The topological polar surface area (TPSA) is 86.3 Å². The van der Waals surface area contributed by atoms with Gasteiger partial charge in [-0.05, 0) is 63.1 Å². The van der Waals surface area contributed by atoms with Crippen LogP contribution in [-0.2, 0) is 11.2 Å². The molecule has 0 spiro atoms. The maximum absolute atomic E-state index is 14.2. The molecule has 0 amide bonds. The molecule has 0 radical (unpaired) electrons. The van der Waals surface area contributed by atoms with Crippen molar-refractivity contribution >= 4 is 11.6 Å². The first-order chi connectivity index (χ1) is 16.2. The van der Waals surface area contributed by atoms with Crippen LogP contribution in [0.5, 0.6) is 0 Å². The number of Topliss-reactive ketones (excluding diaryl/α,β-unsaturated/α-hetero) is 1. The average Bonchev–Trinajstić information content (AvgIpc) is 2.80. The van der Waals surface area contributed by atoms with Gasteiger partial charge in [-0.2, -0.15) is 0 Å². The zero-order chi connectivity index (χ0) is 24.8. The van der Waals surface area contributed by atoms with Gasteiger partial charge < -0.3 is 15.8 Å². The third kappa shape index (κ3) is 5.69. The lowest BCUT2D eigenvalue weighted by Crippen LogP contribution is -2.30. The molecule has 1 heterocycles. The van der Waals surface area contributed by atoms with Crippen LogP contribution in [0.3, 0.4) is 0 Å². The van der Waals surface area contributed by atoms with Gasteiger partial charge in [0.25, 0.3) is 5.56 Å². The van der Waals surface area contributed by atoms with E-state index in [-0.39, 0.29) is 23.8 Å². The lowest BCUT2D eigenvalue weighted by Gasteiger charge is -2.18. The predicted octanol–water partition coefficient (Wildman–Crippen LogP) is 4.40. The normalized spacial score (nSPS) is 16.4. The molecule has 0 bridgehead atoms. The standard InChI is InChI=1S/C26H29F2N3O3/c1-4-34-17(3)16(2)30-14-13-18-5-8-20(9-6-18)31-24(32)12-11-22(26(31)29)25(33)21-10-7-19(27)15-23(21)28/h5-9,11-12,15-16,21,30H,3-4,10,13-14,29H2,1-2H3/t16-,21?/m0/s1. The number of ether oxygens (including phenoxy) is 1. The molecule has 6 nitrogen and oxygen atoms in total. The number of nitrogens with zero attached hydrogens (tertiary/aromatic N) is 1. The van der Waals surface area contributed by atoms with E-state index < -0.39 is 28.9 Å². The fourth-order valence-corrected chi connectivity index (χ4v) is 3.75. The van der Waals surface area contributed by atoms with E-state index in [0.29, 0.717) is 30.7 Å². The zero-order valence-electron chi connectivity index (χ0n) is 19.3. The Hall–Kier alpha value is -3.52. The van der Waals surface area contributed by atoms with Crippen LogP contribution in [0.4, 0.5) is 14.6 Å². The highest BCUT2D eigenvalue weighted by molar-refractivity contribution is 6.03. The molecule has 34 heavy (non-hydrogen) atoms. The molecule has 2 aromatic rings. The molecular weight excluding hydrogens is 440 g/mol. The van der Waals surface area contributed by atoms with E-state index in [0.717, 1.165) is 18.1 Å². The average molecular weight is 470 g/mol. The summed E-state index contributed by atoms with van der Waals surface area (Å²) in [5, 5.41) is 3.34. The summed E-state index contributed by atoms with van der Waals surface area (Å²) in [6.45, 7) is 9.06. The lowest BCUT2D eigenvalue weighted by molar-refractivity contribution is 0.0927. The molecule has 8 heteroatoms. The largest absolute Gasteiger partial charge is 0.497 e. The first kappa shape index (κ1) is 25.1. The summed E-state index contributed by atoms with van der Waals surface area (Å²) in [6, 6.07) is 9.75. The Morgan fingerprint density at radius 1 is 1.26 bits per heavy atom. The number of nitrogen functional groups attached to an aromatic ring is 1. The highest BCUT2D eigenvalue weighted by atomic mass is 19.1. The van der Waals surface area contributed by atoms with Crippen molar-refractivity contribution in [2.24, 2.45) is 5.92 Å². The Labute approximate surface area is 197 Å². The molecule has 180 valence electrons. The number of carbonyl (C=O) groups is 1. The van der Waals surface area contributed by atoms with E-state index in [4.69, 9.17) is 10.5 Å². The summed E-state index contributed by atoms with van der Waals surface area (Å²) in [6.07, 6.45) is 2.48. The smallest absolute Gasteiger partial charge is 0.256 e. The fraction of sp³-hybridized carbons (Fsp3) is 0.308. The Bertz CT molecular complexity index is 1180.